The summed E-state index contributed by atoms with van der Waals surface area (Å²) in [6.07, 6.45) is 10.2. The summed E-state index contributed by atoms with van der Waals surface area (Å²) in [5.74, 6) is 1.18. The topological polar surface area (TPSA) is 48.5 Å². The predicted octanol–water partition coefficient (Wildman–Crippen LogP) is 2.60. The van der Waals surface area contributed by atoms with Crippen LogP contribution in [-0.2, 0) is 4.79 Å². The lowest BCUT2D eigenvalue weighted by molar-refractivity contribution is -0.125. The molecule has 25 heavy (non-hydrogen) atoms. The molecule has 1 amide bonds. The van der Waals surface area contributed by atoms with Crippen LogP contribution in [0.3, 0.4) is 0 Å². The van der Waals surface area contributed by atoms with Gasteiger partial charge in [0.15, 0.2) is 0 Å². The standard InChI is InChI=1S/C20H30N4O/c1-17(20(25)22-12-10-18-7-3-2-4-8-18)23-13-15-24(16-14-23)19-9-5-6-11-21-19/h5-7,9,11,17H,2-4,8,10,12-16H2,1H3,(H,22,25)/t17-/m0/s1. The second-order valence-corrected chi connectivity index (χ2v) is 7.04. The number of anilines is 1. The molecular formula is C20H30N4O. The molecule has 2 aliphatic rings. The lowest BCUT2D eigenvalue weighted by Gasteiger charge is -2.38. The number of hydrogen-bond acceptors (Lipinski definition) is 4. The van der Waals surface area contributed by atoms with E-state index in [1.807, 2.05) is 31.3 Å². The van der Waals surface area contributed by atoms with Gasteiger partial charge in [-0.3, -0.25) is 9.69 Å². The Bertz CT molecular complexity index is 579. The predicted molar refractivity (Wildman–Crippen MR) is 102 cm³/mol. The van der Waals surface area contributed by atoms with Crippen LogP contribution >= 0.6 is 0 Å². The quantitative estimate of drug-likeness (QED) is 0.808. The van der Waals surface area contributed by atoms with Gasteiger partial charge in [-0.05, 0) is 51.2 Å². The molecule has 0 bridgehead atoms. The first-order valence-electron chi connectivity index (χ1n) is 9.59. The largest absolute Gasteiger partial charge is 0.354 e. The van der Waals surface area contributed by atoms with Crippen molar-refractivity contribution in [1.29, 1.82) is 0 Å². The van der Waals surface area contributed by atoms with Crippen LogP contribution in [0.15, 0.2) is 36.0 Å². The Morgan fingerprint density at radius 1 is 1.24 bits per heavy atom. The third-order valence-corrected chi connectivity index (χ3v) is 5.35. The van der Waals surface area contributed by atoms with Crippen molar-refractivity contribution in [1.82, 2.24) is 15.2 Å². The fourth-order valence-electron chi connectivity index (χ4n) is 3.67. The van der Waals surface area contributed by atoms with Crippen LogP contribution in [-0.4, -0.2) is 54.6 Å². The van der Waals surface area contributed by atoms with Crippen molar-refractivity contribution in [2.45, 2.75) is 45.1 Å². The van der Waals surface area contributed by atoms with Gasteiger partial charge >= 0.3 is 0 Å². The molecule has 0 unspecified atom stereocenters. The Balaban J connectivity index is 1.40. The second kappa shape index (κ2) is 8.99. The number of pyridine rings is 1. The normalized spacial score (nSPS) is 20.0. The minimum Gasteiger partial charge on any atom is -0.354 e. The van der Waals surface area contributed by atoms with Crippen molar-refractivity contribution in [3.05, 3.63) is 36.0 Å². The smallest absolute Gasteiger partial charge is 0.237 e. The van der Waals surface area contributed by atoms with Crippen molar-refractivity contribution in [2.75, 3.05) is 37.6 Å². The van der Waals surface area contributed by atoms with Gasteiger partial charge in [0, 0.05) is 38.9 Å². The van der Waals surface area contributed by atoms with Crippen LogP contribution in [0, 0.1) is 0 Å². The Hall–Kier alpha value is -1.88. The molecule has 3 rings (SSSR count). The van der Waals surface area contributed by atoms with Gasteiger partial charge in [0.2, 0.25) is 5.91 Å². The van der Waals surface area contributed by atoms with Gasteiger partial charge in [0.25, 0.3) is 0 Å². The first-order valence-corrected chi connectivity index (χ1v) is 9.59. The van der Waals surface area contributed by atoms with E-state index in [1.54, 1.807) is 0 Å². The van der Waals surface area contributed by atoms with Crippen molar-refractivity contribution in [2.24, 2.45) is 0 Å². The molecule has 0 saturated carbocycles. The number of amides is 1. The number of piperazine rings is 1. The van der Waals surface area contributed by atoms with E-state index in [-0.39, 0.29) is 11.9 Å². The third kappa shape index (κ3) is 5.05. The first-order chi connectivity index (χ1) is 12.2. The number of hydrogen-bond donors (Lipinski definition) is 1. The Labute approximate surface area is 151 Å². The maximum Gasteiger partial charge on any atom is 0.237 e. The lowest BCUT2D eigenvalue weighted by atomic mass is 9.97. The average molecular weight is 342 g/mol. The molecule has 0 aromatic carbocycles. The Kier molecular flexibility index (Phi) is 6.45. The summed E-state index contributed by atoms with van der Waals surface area (Å²) in [6, 6.07) is 5.94. The number of carbonyl (C=O) groups excluding carboxylic acids is 1. The van der Waals surface area contributed by atoms with Crippen molar-refractivity contribution in [3.8, 4) is 0 Å². The molecule has 0 radical (unpaired) electrons. The fraction of sp³-hybridized carbons (Fsp3) is 0.600. The maximum atomic E-state index is 12.4. The van der Waals surface area contributed by atoms with E-state index in [9.17, 15) is 4.79 Å². The van der Waals surface area contributed by atoms with Crippen LogP contribution in [0.5, 0.6) is 0 Å². The molecule has 1 aliphatic carbocycles. The number of allylic oxidation sites excluding steroid dienone is 1. The summed E-state index contributed by atoms with van der Waals surface area (Å²) in [6.45, 7) is 6.42. The zero-order valence-corrected chi connectivity index (χ0v) is 15.3. The Morgan fingerprint density at radius 3 is 2.76 bits per heavy atom. The van der Waals surface area contributed by atoms with Gasteiger partial charge in [-0.2, -0.15) is 0 Å². The van der Waals surface area contributed by atoms with Gasteiger partial charge in [-0.1, -0.05) is 17.7 Å². The molecule has 1 aliphatic heterocycles. The summed E-state index contributed by atoms with van der Waals surface area (Å²) in [4.78, 5) is 21.4. The fourth-order valence-corrected chi connectivity index (χ4v) is 3.67. The molecule has 1 aromatic rings. The van der Waals surface area contributed by atoms with Crippen LogP contribution in [0.25, 0.3) is 0 Å². The zero-order valence-electron chi connectivity index (χ0n) is 15.3. The number of nitrogens with one attached hydrogen (secondary N) is 1. The molecule has 5 nitrogen and oxygen atoms in total. The summed E-state index contributed by atoms with van der Waals surface area (Å²) < 4.78 is 0. The molecule has 1 saturated heterocycles. The summed E-state index contributed by atoms with van der Waals surface area (Å²) in [5, 5.41) is 3.12. The van der Waals surface area contributed by atoms with Crippen molar-refractivity contribution < 1.29 is 4.79 Å². The number of rotatable bonds is 6. The van der Waals surface area contributed by atoms with Crippen LogP contribution in [0.2, 0.25) is 0 Å². The summed E-state index contributed by atoms with van der Waals surface area (Å²) >= 11 is 0. The monoisotopic (exact) mass is 342 g/mol. The van der Waals surface area contributed by atoms with Gasteiger partial charge in [0.1, 0.15) is 5.82 Å². The van der Waals surface area contributed by atoms with Gasteiger partial charge in [-0.25, -0.2) is 4.98 Å². The minimum absolute atomic E-state index is 0.0637. The highest BCUT2D eigenvalue weighted by Gasteiger charge is 2.25. The molecule has 1 aromatic heterocycles. The van der Waals surface area contributed by atoms with E-state index in [0.29, 0.717) is 0 Å². The molecule has 0 spiro atoms. The van der Waals surface area contributed by atoms with Gasteiger partial charge < -0.3 is 10.2 Å². The van der Waals surface area contributed by atoms with E-state index in [2.05, 4.69) is 26.2 Å². The molecule has 2 heterocycles. The molecule has 1 N–H and O–H groups in total. The summed E-state index contributed by atoms with van der Waals surface area (Å²) in [7, 11) is 0. The second-order valence-electron chi connectivity index (χ2n) is 7.04. The van der Waals surface area contributed by atoms with E-state index >= 15 is 0 Å². The van der Waals surface area contributed by atoms with E-state index < -0.39 is 0 Å². The maximum absolute atomic E-state index is 12.4. The first kappa shape index (κ1) is 17.9. The third-order valence-electron chi connectivity index (χ3n) is 5.35. The van der Waals surface area contributed by atoms with Gasteiger partial charge in [-0.15, -0.1) is 0 Å². The SMILES string of the molecule is C[C@@H](C(=O)NCCC1=CCCCC1)N1CCN(c2ccccn2)CC1. The molecule has 1 fully saturated rings. The minimum atomic E-state index is -0.0637. The van der Waals surface area contributed by atoms with Gasteiger partial charge in [0.05, 0.1) is 6.04 Å². The molecule has 136 valence electrons. The number of nitrogens with zero attached hydrogens (tertiary/aromatic N) is 3. The molecule has 1 atom stereocenters. The van der Waals surface area contributed by atoms with E-state index in [0.717, 1.165) is 45.0 Å². The van der Waals surface area contributed by atoms with Crippen LogP contribution in [0.4, 0.5) is 5.82 Å². The highest BCUT2D eigenvalue weighted by molar-refractivity contribution is 5.81. The van der Waals surface area contributed by atoms with E-state index in [4.69, 9.17) is 0 Å². The number of aromatic nitrogens is 1. The highest BCUT2D eigenvalue weighted by Crippen LogP contribution is 2.19. The molecular weight excluding hydrogens is 312 g/mol. The van der Waals surface area contributed by atoms with Crippen LogP contribution in [0.1, 0.15) is 39.0 Å². The van der Waals surface area contributed by atoms with Crippen molar-refractivity contribution in [3.63, 3.8) is 0 Å². The van der Waals surface area contributed by atoms with E-state index in [1.165, 1.54) is 31.3 Å². The van der Waals surface area contributed by atoms with Crippen LogP contribution < -0.4 is 10.2 Å². The van der Waals surface area contributed by atoms with Crippen molar-refractivity contribution >= 4 is 11.7 Å². The Morgan fingerprint density at radius 2 is 2.08 bits per heavy atom. The zero-order chi connectivity index (χ0) is 17.5. The average Bonchev–Trinajstić information content (AvgIpc) is 2.69. The number of carbonyl (C=O) groups is 1. The highest BCUT2D eigenvalue weighted by atomic mass is 16.2. The molecule has 5 heteroatoms. The summed E-state index contributed by atoms with van der Waals surface area (Å²) in [5.41, 5.74) is 1.52. The lowest BCUT2D eigenvalue weighted by Crippen LogP contribution is -2.54.